The van der Waals surface area contributed by atoms with Gasteiger partial charge in [-0.3, -0.25) is 4.79 Å². The molecule has 28 heavy (non-hydrogen) atoms. The number of amides is 1. The molecular formula is C20H26N2O5S. The molecule has 1 amide bonds. The van der Waals surface area contributed by atoms with Crippen LogP contribution in [0, 0.1) is 13.8 Å². The first-order valence-electron chi connectivity index (χ1n) is 9.07. The van der Waals surface area contributed by atoms with Crippen LogP contribution < -0.4 is 0 Å². The number of hydrogen-bond acceptors (Lipinski definition) is 5. The number of hydrogen-bond donors (Lipinski definition) is 0. The number of carbonyl (C=O) groups excluding carboxylic acids is 2. The fraction of sp³-hybridized carbons (Fsp3) is 0.400. The zero-order valence-electron chi connectivity index (χ0n) is 16.4. The van der Waals surface area contributed by atoms with Crippen LogP contribution in [0.2, 0.25) is 0 Å². The van der Waals surface area contributed by atoms with Gasteiger partial charge in [-0.15, -0.1) is 0 Å². The summed E-state index contributed by atoms with van der Waals surface area (Å²) in [6, 6.07) is 5.24. The first-order valence-corrected chi connectivity index (χ1v) is 10.5. The summed E-state index contributed by atoms with van der Waals surface area (Å²) in [7, 11) is -3.60. The third kappa shape index (κ3) is 5.53. The van der Waals surface area contributed by atoms with E-state index < -0.39 is 16.0 Å². The number of aryl methyl sites for hydroxylation is 2. The highest BCUT2D eigenvalue weighted by Gasteiger charge is 2.31. The molecule has 1 aliphatic heterocycles. The molecule has 7 nitrogen and oxygen atoms in total. The van der Waals surface area contributed by atoms with E-state index in [4.69, 9.17) is 4.74 Å². The number of piperazine rings is 1. The molecule has 0 radical (unpaired) electrons. The fourth-order valence-electron chi connectivity index (χ4n) is 2.92. The molecule has 0 N–H and O–H groups in total. The van der Waals surface area contributed by atoms with Crippen molar-refractivity contribution in [3.05, 3.63) is 53.6 Å². The lowest BCUT2D eigenvalue weighted by Gasteiger charge is -2.34. The highest BCUT2D eigenvalue weighted by atomic mass is 32.2. The summed E-state index contributed by atoms with van der Waals surface area (Å²) >= 11 is 0. The second-order valence-corrected chi connectivity index (χ2v) is 8.45. The fourth-order valence-corrected chi connectivity index (χ4v) is 4.55. The van der Waals surface area contributed by atoms with Gasteiger partial charge in [-0.05, 0) is 32.4 Å². The Hall–Kier alpha value is -2.45. The SMILES string of the molecule is C/C=C/C=C/C(=O)OCC(=O)N1CCN(S(=O)(=O)c2ccc(C)cc2C)CC1. The topological polar surface area (TPSA) is 84.0 Å². The maximum absolute atomic E-state index is 12.9. The molecule has 0 aromatic heterocycles. The van der Waals surface area contributed by atoms with Gasteiger partial charge < -0.3 is 9.64 Å². The van der Waals surface area contributed by atoms with Crippen LogP contribution in [-0.2, 0) is 24.3 Å². The number of benzene rings is 1. The van der Waals surface area contributed by atoms with Crippen LogP contribution in [0.3, 0.4) is 0 Å². The van der Waals surface area contributed by atoms with Crippen LogP contribution in [-0.4, -0.2) is 62.3 Å². The molecule has 2 rings (SSSR count). The third-order valence-corrected chi connectivity index (χ3v) is 6.47. The van der Waals surface area contributed by atoms with Gasteiger partial charge in [0.1, 0.15) is 0 Å². The predicted octanol–water partition coefficient (Wildman–Crippen LogP) is 1.81. The molecule has 8 heteroatoms. The van der Waals surface area contributed by atoms with Crippen molar-refractivity contribution in [2.45, 2.75) is 25.7 Å². The maximum atomic E-state index is 12.9. The molecule has 1 saturated heterocycles. The molecule has 1 fully saturated rings. The molecule has 0 bridgehead atoms. The van der Waals surface area contributed by atoms with Gasteiger partial charge >= 0.3 is 5.97 Å². The Balaban J connectivity index is 1.91. The minimum atomic E-state index is -3.60. The van der Waals surface area contributed by atoms with Crippen molar-refractivity contribution in [2.24, 2.45) is 0 Å². The van der Waals surface area contributed by atoms with Crippen LogP contribution in [0.15, 0.2) is 47.4 Å². The summed E-state index contributed by atoms with van der Waals surface area (Å²) in [5.41, 5.74) is 1.71. The normalized spacial score (nSPS) is 16.0. The van der Waals surface area contributed by atoms with E-state index in [1.807, 2.05) is 19.9 Å². The van der Waals surface area contributed by atoms with Crippen LogP contribution in [0.25, 0.3) is 0 Å². The van der Waals surface area contributed by atoms with Crippen molar-refractivity contribution >= 4 is 21.9 Å². The first-order chi connectivity index (χ1) is 13.3. The Kier molecular flexibility index (Phi) is 7.53. The molecule has 0 saturated carbocycles. The zero-order chi connectivity index (χ0) is 20.7. The van der Waals surface area contributed by atoms with Gasteiger partial charge in [0.05, 0.1) is 4.90 Å². The van der Waals surface area contributed by atoms with E-state index in [0.29, 0.717) is 10.5 Å². The van der Waals surface area contributed by atoms with Gasteiger partial charge in [-0.2, -0.15) is 4.31 Å². The molecule has 1 aromatic carbocycles. The van der Waals surface area contributed by atoms with Crippen molar-refractivity contribution < 1.29 is 22.7 Å². The van der Waals surface area contributed by atoms with Gasteiger partial charge in [-0.1, -0.05) is 35.9 Å². The third-order valence-electron chi connectivity index (χ3n) is 4.41. The van der Waals surface area contributed by atoms with E-state index in [1.54, 1.807) is 31.2 Å². The van der Waals surface area contributed by atoms with E-state index in [0.717, 1.165) is 5.56 Å². The number of sulfonamides is 1. The second-order valence-electron chi connectivity index (χ2n) is 6.55. The molecule has 0 spiro atoms. The number of esters is 1. The van der Waals surface area contributed by atoms with E-state index in [2.05, 4.69) is 0 Å². The Bertz CT molecular complexity index is 882. The first kappa shape index (κ1) is 21.8. The quantitative estimate of drug-likeness (QED) is 0.409. The minimum absolute atomic E-state index is 0.205. The Labute approximate surface area is 166 Å². The van der Waals surface area contributed by atoms with Crippen LogP contribution in [0.5, 0.6) is 0 Å². The van der Waals surface area contributed by atoms with Crippen molar-refractivity contribution in [2.75, 3.05) is 32.8 Å². The number of ether oxygens (including phenoxy) is 1. The smallest absolute Gasteiger partial charge is 0.331 e. The largest absolute Gasteiger partial charge is 0.452 e. The average Bonchev–Trinajstić information content (AvgIpc) is 2.66. The van der Waals surface area contributed by atoms with Gasteiger partial charge in [-0.25, -0.2) is 13.2 Å². The summed E-state index contributed by atoms with van der Waals surface area (Å²) in [4.78, 5) is 25.5. The Morgan fingerprint density at radius 1 is 1.11 bits per heavy atom. The van der Waals surface area contributed by atoms with Gasteiger partial charge in [0, 0.05) is 32.3 Å². The lowest BCUT2D eigenvalue weighted by atomic mass is 10.2. The van der Waals surface area contributed by atoms with Crippen LogP contribution in [0.1, 0.15) is 18.1 Å². The molecular weight excluding hydrogens is 380 g/mol. The second kappa shape index (κ2) is 9.66. The summed E-state index contributed by atoms with van der Waals surface area (Å²) in [5.74, 6) is -0.932. The molecule has 1 aliphatic rings. The molecule has 152 valence electrons. The number of nitrogens with zero attached hydrogens (tertiary/aromatic N) is 2. The number of allylic oxidation sites excluding steroid dienone is 3. The van der Waals surface area contributed by atoms with E-state index >= 15 is 0 Å². The van der Waals surface area contributed by atoms with Crippen molar-refractivity contribution in [3.63, 3.8) is 0 Å². The highest BCUT2D eigenvalue weighted by Crippen LogP contribution is 2.22. The van der Waals surface area contributed by atoms with E-state index in [-0.39, 0.29) is 38.7 Å². The monoisotopic (exact) mass is 406 g/mol. The lowest BCUT2D eigenvalue weighted by Crippen LogP contribution is -2.51. The zero-order valence-corrected chi connectivity index (χ0v) is 17.2. The molecule has 1 aromatic rings. The van der Waals surface area contributed by atoms with Crippen molar-refractivity contribution in [3.8, 4) is 0 Å². The average molecular weight is 407 g/mol. The molecule has 0 atom stereocenters. The summed E-state index contributed by atoms with van der Waals surface area (Å²) < 4.78 is 32.1. The molecule has 1 heterocycles. The summed E-state index contributed by atoms with van der Waals surface area (Å²) in [6.07, 6.45) is 6.21. The Morgan fingerprint density at radius 2 is 1.79 bits per heavy atom. The lowest BCUT2D eigenvalue weighted by molar-refractivity contribution is -0.148. The molecule has 0 aliphatic carbocycles. The van der Waals surface area contributed by atoms with Crippen molar-refractivity contribution in [1.82, 2.24) is 9.21 Å². The van der Waals surface area contributed by atoms with E-state index in [9.17, 15) is 18.0 Å². The maximum Gasteiger partial charge on any atom is 0.331 e. The van der Waals surface area contributed by atoms with Crippen LogP contribution in [0.4, 0.5) is 0 Å². The van der Waals surface area contributed by atoms with Gasteiger partial charge in [0.15, 0.2) is 6.61 Å². The highest BCUT2D eigenvalue weighted by molar-refractivity contribution is 7.89. The molecule has 0 unspecified atom stereocenters. The van der Waals surface area contributed by atoms with Gasteiger partial charge in [0.2, 0.25) is 10.0 Å². The number of rotatable bonds is 6. The van der Waals surface area contributed by atoms with Crippen LogP contribution >= 0.6 is 0 Å². The summed E-state index contributed by atoms with van der Waals surface area (Å²) in [6.45, 7) is 6.08. The summed E-state index contributed by atoms with van der Waals surface area (Å²) in [5, 5.41) is 0. The van der Waals surface area contributed by atoms with Crippen molar-refractivity contribution in [1.29, 1.82) is 0 Å². The van der Waals surface area contributed by atoms with E-state index in [1.165, 1.54) is 21.4 Å². The minimum Gasteiger partial charge on any atom is -0.452 e. The number of carbonyl (C=O) groups is 2. The Morgan fingerprint density at radius 3 is 2.39 bits per heavy atom. The predicted molar refractivity (Wildman–Crippen MR) is 106 cm³/mol. The van der Waals surface area contributed by atoms with Gasteiger partial charge in [0.25, 0.3) is 5.91 Å². The standard InChI is InChI=1S/C20H26N2O5S/c1-4-5-6-7-20(24)27-15-19(23)21-10-12-22(13-11-21)28(25,26)18-9-8-16(2)14-17(18)3/h4-9,14H,10-13,15H2,1-3H3/b5-4+,7-6+.